The number of carbonyl (C=O) groups is 1. The molecule has 1 rings (SSSR count). The average Bonchev–Trinajstić information content (AvgIpc) is 2.37. The van der Waals surface area contributed by atoms with Crippen LogP contribution in [-0.2, 0) is 10.0 Å². The quantitative estimate of drug-likeness (QED) is 0.842. The number of hydrogen-bond acceptors (Lipinski definition) is 3. The fourth-order valence-corrected chi connectivity index (χ4v) is 4.17. The molecular formula is C13H18BrNO4S. The molecule has 0 heterocycles. The summed E-state index contributed by atoms with van der Waals surface area (Å²) in [5, 5.41) is 8.97. The van der Waals surface area contributed by atoms with Gasteiger partial charge in [-0.1, -0.05) is 13.3 Å². The minimum atomic E-state index is -3.72. The Morgan fingerprint density at radius 2 is 2.05 bits per heavy atom. The summed E-state index contributed by atoms with van der Waals surface area (Å²) in [4.78, 5) is 10.9. The van der Waals surface area contributed by atoms with Gasteiger partial charge >= 0.3 is 5.97 Å². The van der Waals surface area contributed by atoms with Crippen molar-refractivity contribution in [3.8, 4) is 0 Å². The van der Waals surface area contributed by atoms with Crippen LogP contribution in [0.1, 0.15) is 37.0 Å². The van der Waals surface area contributed by atoms with E-state index in [4.69, 9.17) is 5.11 Å². The molecule has 20 heavy (non-hydrogen) atoms. The molecule has 1 unspecified atom stereocenters. The molecule has 0 saturated carbocycles. The Morgan fingerprint density at radius 1 is 1.45 bits per heavy atom. The lowest BCUT2D eigenvalue weighted by Crippen LogP contribution is -2.35. The summed E-state index contributed by atoms with van der Waals surface area (Å²) >= 11 is 3.17. The zero-order valence-corrected chi connectivity index (χ0v) is 14.0. The van der Waals surface area contributed by atoms with Gasteiger partial charge in [-0.2, -0.15) is 4.31 Å². The normalized spacial score (nSPS) is 13.4. The van der Waals surface area contributed by atoms with Crippen LogP contribution in [0.2, 0.25) is 0 Å². The molecule has 1 aromatic carbocycles. The molecule has 0 amide bonds. The molecule has 112 valence electrons. The summed E-state index contributed by atoms with van der Waals surface area (Å²) in [5.74, 6) is -1.15. The lowest BCUT2D eigenvalue weighted by atomic mass is 10.2. The fraction of sp³-hybridized carbons (Fsp3) is 0.462. The Balaban J connectivity index is 3.27. The van der Waals surface area contributed by atoms with Gasteiger partial charge in [0.2, 0.25) is 10.0 Å². The van der Waals surface area contributed by atoms with Crippen molar-refractivity contribution in [2.24, 2.45) is 0 Å². The summed E-state index contributed by atoms with van der Waals surface area (Å²) < 4.78 is 26.7. The second-order valence-electron chi connectivity index (χ2n) is 4.61. The molecule has 0 spiro atoms. The Morgan fingerprint density at radius 3 is 2.55 bits per heavy atom. The van der Waals surface area contributed by atoms with Crippen molar-refractivity contribution in [2.45, 2.75) is 37.6 Å². The number of carboxylic acid groups (broad SMARTS) is 1. The average molecular weight is 364 g/mol. The number of nitrogens with zero attached hydrogens (tertiary/aromatic N) is 1. The van der Waals surface area contributed by atoms with E-state index in [9.17, 15) is 13.2 Å². The van der Waals surface area contributed by atoms with Crippen molar-refractivity contribution in [3.63, 3.8) is 0 Å². The fourth-order valence-electron chi connectivity index (χ4n) is 1.83. The molecule has 1 N–H and O–H groups in total. The maximum absolute atomic E-state index is 12.5. The van der Waals surface area contributed by atoms with Crippen molar-refractivity contribution >= 4 is 31.9 Å². The molecule has 0 radical (unpaired) electrons. The molecule has 0 aromatic heterocycles. The minimum Gasteiger partial charge on any atom is -0.478 e. The second kappa shape index (κ2) is 6.69. The van der Waals surface area contributed by atoms with E-state index in [1.54, 1.807) is 0 Å². The van der Waals surface area contributed by atoms with Crippen molar-refractivity contribution < 1.29 is 18.3 Å². The first kappa shape index (κ1) is 17.1. The highest BCUT2D eigenvalue weighted by atomic mass is 79.9. The van der Waals surface area contributed by atoms with E-state index in [0.717, 1.165) is 12.8 Å². The summed E-state index contributed by atoms with van der Waals surface area (Å²) in [5.41, 5.74) is -0.0525. The van der Waals surface area contributed by atoms with Crippen LogP contribution in [0.4, 0.5) is 0 Å². The topological polar surface area (TPSA) is 74.7 Å². The zero-order valence-electron chi connectivity index (χ0n) is 11.6. The minimum absolute atomic E-state index is 0.0251. The maximum Gasteiger partial charge on any atom is 0.335 e. The van der Waals surface area contributed by atoms with Crippen LogP contribution in [0.15, 0.2) is 27.6 Å². The molecule has 0 aliphatic carbocycles. The van der Waals surface area contributed by atoms with Crippen LogP contribution >= 0.6 is 15.9 Å². The molecular weight excluding hydrogens is 346 g/mol. The van der Waals surface area contributed by atoms with Gasteiger partial charge in [0.25, 0.3) is 0 Å². The molecule has 0 fully saturated rings. The van der Waals surface area contributed by atoms with Gasteiger partial charge in [0.15, 0.2) is 0 Å². The molecule has 1 aromatic rings. The first-order valence-electron chi connectivity index (χ1n) is 6.22. The number of hydrogen-bond donors (Lipinski definition) is 1. The van der Waals surface area contributed by atoms with Crippen molar-refractivity contribution in [1.29, 1.82) is 0 Å². The third kappa shape index (κ3) is 3.59. The third-order valence-corrected chi connectivity index (χ3v) is 6.13. The third-order valence-electron chi connectivity index (χ3n) is 3.16. The van der Waals surface area contributed by atoms with Gasteiger partial charge in [-0.3, -0.25) is 0 Å². The van der Waals surface area contributed by atoms with Crippen LogP contribution < -0.4 is 0 Å². The van der Waals surface area contributed by atoms with Crippen LogP contribution in [0.25, 0.3) is 0 Å². The Bertz CT molecular complexity index is 600. The van der Waals surface area contributed by atoms with Crippen LogP contribution in [0.5, 0.6) is 0 Å². The van der Waals surface area contributed by atoms with E-state index in [1.165, 1.54) is 29.6 Å². The summed E-state index contributed by atoms with van der Waals surface area (Å²) in [6, 6.07) is 3.83. The number of rotatable bonds is 6. The second-order valence-corrected chi connectivity index (χ2v) is 7.43. The molecule has 0 aliphatic rings. The predicted octanol–water partition coefficient (Wildman–Crippen LogP) is 2.96. The van der Waals surface area contributed by atoms with Gasteiger partial charge in [-0.15, -0.1) is 0 Å². The number of carboxylic acids is 1. The first-order chi connectivity index (χ1) is 9.21. The largest absolute Gasteiger partial charge is 0.478 e. The summed E-state index contributed by atoms with van der Waals surface area (Å²) in [7, 11) is -2.21. The van der Waals surface area contributed by atoms with E-state index in [2.05, 4.69) is 15.9 Å². The highest BCUT2D eigenvalue weighted by Gasteiger charge is 2.27. The molecule has 5 nitrogen and oxygen atoms in total. The lowest BCUT2D eigenvalue weighted by molar-refractivity contribution is 0.0696. The van der Waals surface area contributed by atoms with E-state index in [-0.39, 0.29) is 16.5 Å². The smallest absolute Gasteiger partial charge is 0.335 e. The lowest BCUT2D eigenvalue weighted by Gasteiger charge is -2.24. The molecule has 0 aliphatic heterocycles. The van der Waals surface area contributed by atoms with Gasteiger partial charge < -0.3 is 5.11 Å². The molecule has 7 heteroatoms. The first-order valence-corrected chi connectivity index (χ1v) is 8.46. The van der Waals surface area contributed by atoms with Crippen LogP contribution in [0.3, 0.4) is 0 Å². The Hall–Kier alpha value is -0.920. The molecule has 1 atom stereocenters. The predicted molar refractivity (Wildman–Crippen MR) is 80.4 cm³/mol. The van der Waals surface area contributed by atoms with E-state index in [1.807, 2.05) is 13.8 Å². The standard InChI is InChI=1S/C13H18BrNO4S/c1-4-5-9(2)15(3)20(18,19)12-8-10(13(16)17)6-7-11(12)14/h6-9H,4-5H2,1-3H3,(H,16,17). The van der Waals surface area contributed by atoms with Gasteiger partial charge in [0.1, 0.15) is 0 Å². The highest BCUT2D eigenvalue weighted by molar-refractivity contribution is 9.10. The Labute approximate surface area is 127 Å². The van der Waals surface area contributed by atoms with Crippen LogP contribution in [-0.4, -0.2) is 36.9 Å². The van der Waals surface area contributed by atoms with Gasteiger partial charge in [-0.25, -0.2) is 13.2 Å². The van der Waals surface area contributed by atoms with Crippen molar-refractivity contribution in [2.75, 3.05) is 7.05 Å². The number of sulfonamides is 1. The number of halogens is 1. The van der Waals surface area contributed by atoms with E-state index < -0.39 is 16.0 Å². The summed E-state index contributed by atoms with van der Waals surface area (Å²) in [6.07, 6.45) is 1.61. The van der Waals surface area contributed by atoms with Crippen molar-refractivity contribution in [1.82, 2.24) is 4.31 Å². The summed E-state index contributed by atoms with van der Waals surface area (Å²) in [6.45, 7) is 3.81. The molecule has 0 saturated heterocycles. The Kier molecular flexibility index (Phi) is 5.73. The SMILES string of the molecule is CCCC(C)N(C)S(=O)(=O)c1cc(C(=O)O)ccc1Br. The van der Waals surface area contributed by atoms with Gasteiger partial charge in [-0.05, 0) is 47.5 Å². The van der Waals surface area contributed by atoms with Crippen molar-refractivity contribution in [3.05, 3.63) is 28.2 Å². The highest BCUT2D eigenvalue weighted by Crippen LogP contribution is 2.27. The number of aromatic carboxylic acids is 1. The maximum atomic E-state index is 12.5. The van der Waals surface area contributed by atoms with E-state index in [0.29, 0.717) is 4.47 Å². The molecule has 0 bridgehead atoms. The van der Waals surface area contributed by atoms with Gasteiger partial charge in [0, 0.05) is 17.6 Å². The monoisotopic (exact) mass is 363 g/mol. The number of benzene rings is 1. The zero-order chi connectivity index (χ0) is 15.5. The van der Waals surface area contributed by atoms with Gasteiger partial charge in [0.05, 0.1) is 10.5 Å². The van der Waals surface area contributed by atoms with Crippen LogP contribution in [0, 0.1) is 0 Å². The van der Waals surface area contributed by atoms with E-state index >= 15 is 0 Å².